The first-order valence-corrected chi connectivity index (χ1v) is 5.47. The first kappa shape index (κ1) is 10.1. The molecule has 0 unspecified atom stereocenters. The summed E-state index contributed by atoms with van der Waals surface area (Å²) in [6.45, 7) is 2.89. The van der Waals surface area contributed by atoms with Crippen LogP contribution in [0.1, 0.15) is 17.0 Å². The van der Waals surface area contributed by atoms with Gasteiger partial charge in [-0.05, 0) is 13.3 Å². The molecule has 1 N–H and O–H groups in total. The number of aromatic nitrogens is 3. The van der Waals surface area contributed by atoms with Gasteiger partial charge in [0.2, 0.25) is 0 Å². The molecule has 2 aromatic rings. The van der Waals surface area contributed by atoms with Crippen LogP contribution in [-0.4, -0.2) is 28.2 Å². The molecule has 0 fully saturated rings. The number of nitriles is 1. The van der Waals surface area contributed by atoms with Gasteiger partial charge in [0.05, 0.1) is 0 Å². The number of hydrogen-bond donors (Lipinski definition) is 1. The minimum absolute atomic E-state index is 0.393. The summed E-state index contributed by atoms with van der Waals surface area (Å²) in [5, 5.41) is 15.1. The summed E-state index contributed by atoms with van der Waals surface area (Å²) < 4.78 is 1.73. The van der Waals surface area contributed by atoms with Crippen LogP contribution in [0.4, 0.5) is 5.82 Å². The van der Waals surface area contributed by atoms with Crippen LogP contribution in [-0.2, 0) is 6.42 Å². The van der Waals surface area contributed by atoms with E-state index in [-0.39, 0.29) is 0 Å². The molecule has 0 spiro atoms. The Morgan fingerprint density at radius 1 is 1.53 bits per heavy atom. The average molecular weight is 228 g/mol. The predicted molar refractivity (Wildman–Crippen MR) is 62.5 cm³/mol. The number of nitrogens with zero attached hydrogens (tertiary/aromatic N) is 5. The maximum absolute atomic E-state index is 8.90. The van der Waals surface area contributed by atoms with E-state index >= 15 is 0 Å². The zero-order chi connectivity index (χ0) is 12.0. The molecule has 86 valence electrons. The van der Waals surface area contributed by atoms with Crippen molar-refractivity contribution in [2.45, 2.75) is 13.3 Å². The van der Waals surface area contributed by atoms with Gasteiger partial charge in [-0.15, -0.1) is 0 Å². The molecule has 17 heavy (non-hydrogen) atoms. The SMILES string of the molecule is Cc1nc2cc(C#N)nn2c2c1CCNN2C. The Balaban J connectivity index is 2.38. The molecule has 0 radical (unpaired) electrons. The predicted octanol–water partition coefficient (Wildman–Crippen LogP) is 0.406. The smallest absolute Gasteiger partial charge is 0.165 e. The van der Waals surface area contributed by atoms with Crippen LogP contribution >= 0.6 is 0 Å². The third-order valence-electron chi connectivity index (χ3n) is 3.04. The Bertz CT molecular complexity index is 635. The van der Waals surface area contributed by atoms with Crippen LogP contribution in [0.25, 0.3) is 5.65 Å². The number of fused-ring (bicyclic) bond motifs is 3. The van der Waals surface area contributed by atoms with E-state index in [1.807, 2.05) is 25.0 Å². The van der Waals surface area contributed by atoms with Crippen LogP contribution in [0.3, 0.4) is 0 Å². The van der Waals surface area contributed by atoms with Crippen molar-refractivity contribution in [3.63, 3.8) is 0 Å². The lowest BCUT2D eigenvalue weighted by atomic mass is 10.1. The first-order valence-electron chi connectivity index (χ1n) is 5.47. The fourth-order valence-corrected chi connectivity index (χ4v) is 2.25. The van der Waals surface area contributed by atoms with Gasteiger partial charge >= 0.3 is 0 Å². The van der Waals surface area contributed by atoms with Crippen LogP contribution in [0, 0.1) is 18.3 Å². The molecule has 6 heteroatoms. The molecule has 0 saturated carbocycles. The fraction of sp³-hybridized carbons (Fsp3) is 0.364. The highest BCUT2D eigenvalue weighted by Crippen LogP contribution is 2.25. The molecule has 0 amide bonds. The number of nitrogens with one attached hydrogen (secondary N) is 1. The van der Waals surface area contributed by atoms with E-state index in [4.69, 9.17) is 5.26 Å². The summed E-state index contributed by atoms with van der Waals surface area (Å²) in [7, 11) is 1.95. The molecule has 0 atom stereocenters. The lowest BCUT2D eigenvalue weighted by Gasteiger charge is -2.29. The van der Waals surface area contributed by atoms with Gasteiger partial charge in [-0.2, -0.15) is 14.9 Å². The van der Waals surface area contributed by atoms with Gasteiger partial charge in [-0.3, -0.25) is 5.01 Å². The summed E-state index contributed by atoms with van der Waals surface area (Å²) in [6.07, 6.45) is 0.927. The van der Waals surface area contributed by atoms with E-state index in [1.165, 1.54) is 5.56 Å². The van der Waals surface area contributed by atoms with Gasteiger partial charge in [0.1, 0.15) is 6.07 Å². The quantitative estimate of drug-likeness (QED) is 0.707. The van der Waals surface area contributed by atoms with Crippen molar-refractivity contribution in [3.05, 3.63) is 23.0 Å². The fourth-order valence-electron chi connectivity index (χ4n) is 2.25. The third kappa shape index (κ3) is 1.36. The Morgan fingerprint density at radius 2 is 2.35 bits per heavy atom. The molecule has 0 saturated heterocycles. The van der Waals surface area contributed by atoms with Crippen molar-refractivity contribution in [1.82, 2.24) is 20.0 Å². The van der Waals surface area contributed by atoms with Crippen molar-refractivity contribution < 1.29 is 0 Å². The molecule has 0 aromatic carbocycles. The summed E-state index contributed by atoms with van der Waals surface area (Å²) in [5.74, 6) is 0.972. The van der Waals surface area contributed by atoms with Gasteiger partial charge in [0, 0.05) is 30.9 Å². The van der Waals surface area contributed by atoms with Gasteiger partial charge in [-0.25, -0.2) is 10.4 Å². The largest absolute Gasteiger partial charge is 0.295 e. The molecule has 6 nitrogen and oxygen atoms in total. The standard InChI is InChI=1S/C11H12N6/c1-7-9-3-4-13-16(2)11(9)17-10(14-7)5-8(6-12)15-17/h5,13H,3-4H2,1-2H3. The highest BCUT2D eigenvalue weighted by atomic mass is 15.5. The number of anilines is 1. The van der Waals surface area contributed by atoms with Gasteiger partial charge in [0.15, 0.2) is 17.2 Å². The second-order valence-electron chi connectivity index (χ2n) is 4.13. The Hall–Kier alpha value is -2.13. The van der Waals surface area contributed by atoms with E-state index in [2.05, 4.69) is 15.5 Å². The van der Waals surface area contributed by atoms with Gasteiger partial charge in [-0.1, -0.05) is 0 Å². The Labute approximate surface area is 98.4 Å². The summed E-state index contributed by atoms with van der Waals surface area (Å²) in [5.41, 5.74) is 6.55. The lowest BCUT2D eigenvalue weighted by molar-refractivity contribution is 0.611. The zero-order valence-corrected chi connectivity index (χ0v) is 9.73. The molecular formula is C11H12N6. The Kier molecular flexibility index (Phi) is 2.03. The maximum atomic E-state index is 8.90. The first-order chi connectivity index (χ1) is 8.20. The molecule has 0 aliphatic carbocycles. The summed E-state index contributed by atoms with van der Waals surface area (Å²) in [4.78, 5) is 4.49. The lowest BCUT2D eigenvalue weighted by Crippen LogP contribution is -2.42. The van der Waals surface area contributed by atoms with Crippen molar-refractivity contribution in [2.24, 2.45) is 0 Å². The number of hydrogen-bond acceptors (Lipinski definition) is 5. The minimum Gasteiger partial charge on any atom is -0.295 e. The number of hydrazine groups is 1. The van der Waals surface area contributed by atoms with Crippen molar-refractivity contribution in [3.8, 4) is 6.07 Å². The van der Waals surface area contributed by atoms with E-state index in [0.29, 0.717) is 11.3 Å². The van der Waals surface area contributed by atoms with Crippen LogP contribution in [0.2, 0.25) is 0 Å². The molecule has 1 aliphatic heterocycles. The van der Waals surface area contributed by atoms with Crippen molar-refractivity contribution >= 4 is 11.5 Å². The monoisotopic (exact) mass is 228 g/mol. The zero-order valence-electron chi connectivity index (χ0n) is 9.73. The maximum Gasteiger partial charge on any atom is 0.165 e. The van der Waals surface area contributed by atoms with Crippen LogP contribution in [0.5, 0.6) is 0 Å². The van der Waals surface area contributed by atoms with Crippen molar-refractivity contribution in [2.75, 3.05) is 18.6 Å². The number of rotatable bonds is 0. The molecule has 0 bridgehead atoms. The van der Waals surface area contributed by atoms with Gasteiger partial charge in [0.25, 0.3) is 0 Å². The highest BCUT2D eigenvalue weighted by Gasteiger charge is 2.21. The van der Waals surface area contributed by atoms with Crippen molar-refractivity contribution in [1.29, 1.82) is 5.26 Å². The summed E-state index contributed by atoms with van der Waals surface area (Å²) in [6, 6.07) is 3.75. The van der Waals surface area contributed by atoms with E-state index in [0.717, 1.165) is 24.5 Å². The Morgan fingerprint density at radius 3 is 3.12 bits per heavy atom. The molecule has 1 aliphatic rings. The molecule has 3 rings (SSSR count). The van der Waals surface area contributed by atoms with Gasteiger partial charge < -0.3 is 0 Å². The normalized spacial score (nSPS) is 14.8. The molecular weight excluding hydrogens is 216 g/mol. The van der Waals surface area contributed by atoms with Crippen LogP contribution < -0.4 is 10.4 Å². The minimum atomic E-state index is 0.393. The highest BCUT2D eigenvalue weighted by molar-refractivity contribution is 5.58. The van der Waals surface area contributed by atoms with Crippen LogP contribution in [0.15, 0.2) is 6.07 Å². The number of aryl methyl sites for hydroxylation is 1. The second kappa shape index (κ2) is 3.43. The third-order valence-corrected chi connectivity index (χ3v) is 3.04. The van der Waals surface area contributed by atoms with E-state index in [9.17, 15) is 0 Å². The second-order valence-corrected chi connectivity index (χ2v) is 4.13. The summed E-state index contributed by atoms with van der Waals surface area (Å²) >= 11 is 0. The average Bonchev–Trinajstić information content (AvgIpc) is 2.72. The molecule has 2 aromatic heterocycles. The molecule has 3 heterocycles. The van der Waals surface area contributed by atoms with E-state index < -0.39 is 0 Å². The topological polar surface area (TPSA) is 69.2 Å². The van der Waals surface area contributed by atoms with E-state index in [1.54, 1.807) is 10.6 Å².